The Morgan fingerprint density at radius 3 is 0.632 bits per heavy atom. The van der Waals surface area contributed by atoms with Crippen LogP contribution in [0.4, 0.5) is 0 Å². The molecule has 4 nitrogen and oxygen atoms in total. The standard InChI is InChI=1S/C54H36N2.C48H32N2/c1-3-12-37(13-4-1)39-22-24-41(25-23-39)42-16-11-17-46(34-42)56-52-21-10-8-19-48(52)50-36-44(29-33-54(50)56)43-28-32-53-49(35-43)47-18-7-9-20-51(47)55(53)45-30-26-40(27-31-45)38-14-5-2-6-15-38;1-4-13-33(14-5-1)35-17-12-20-40(29-35)50-45-22-11-10-21-41(45)42-31-37(24-27-46(42)50)38-25-28-48-44(32-38)43-30-36(34-15-6-2-7-16-34)23-26-47(43)49(48)39-18-8-3-9-19-39/h1-36H;1-32H. The van der Waals surface area contributed by atoms with Gasteiger partial charge >= 0.3 is 0 Å². The summed E-state index contributed by atoms with van der Waals surface area (Å²) in [7, 11) is 0. The lowest BCUT2D eigenvalue weighted by molar-refractivity contribution is 1.18. The first-order valence-electron chi connectivity index (χ1n) is 36.4. The van der Waals surface area contributed by atoms with Crippen LogP contribution >= 0.6 is 0 Å². The monoisotopic (exact) mass is 1350 g/mol. The van der Waals surface area contributed by atoms with Gasteiger partial charge in [-0.25, -0.2) is 0 Å². The van der Waals surface area contributed by atoms with Crippen molar-refractivity contribution in [3.63, 3.8) is 0 Å². The van der Waals surface area contributed by atoms with E-state index in [4.69, 9.17) is 0 Å². The maximum atomic E-state index is 2.41. The Kier molecular flexibility index (Phi) is 15.2. The Morgan fingerprint density at radius 2 is 0.292 bits per heavy atom. The van der Waals surface area contributed by atoms with Crippen LogP contribution < -0.4 is 0 Å². The van der Waals surface area contributed by atoms with Crippen LogP contribution in [-0.2, 0) is 0 Å². The number of hydrogen-bond acceptors (Lipinski definition) is 0. The lowest BCUT2D eigenvalue weighted by Gasteiger charge is -2.11. The number of aromatic nitrogens is 4. The van der Waals surface area contributed by atoms with Crippen LogP contribution in [0.2, 0.25) is 0 Å². The third-order valence-electron chi connectivity index (χ3n) is 21.4. The van der Waals surface area contributed by atoms with Gasteiger partial charge in [-0.1, -0.05) is 285 Å². The summed E-state index contributed by atoms with van der Waals surface area (Å²) in [6.45, 7) is 0. The van der Waals surface area contributed by atoms with Crippen molar-refractivity contribution in [2.24, 2.45) is 0 Å². The van der Waals surface area contributed by atoms with E-state index in [0.29, 0.717) is 0 Å². The molecule has 0 saturated heterocycles. The van der Waals surface area contributed by atoms with Crippen molar-refractivity contribution < 1.29 is 0 Å². The van der Waals surface area contributed by atoms with Gasteiger partial charge in [0.25, 0.3) is 0 Å². The van der Waals surface area contributed by atoms with E-state index in [0.717, 1.165) is 17.1 Å². The Bertz CT molecular complexity index is 6880. The van der Waals surface area contributed by atoms with E-state index in [2.05, 4.69) is 431 Å². The summed E-state index contributed by atoms with van der Waals surface area (Å²) in [6, 6.07) is 150. The first-order valence-corrected chi connectivity index (χ1v) is 36.4. The smallest absolute Gasteiger partial charge is 0.0541 e. The maximum Gasteiger partial charge on any atom is 0.0541 e. The van der Waals surface area contributed by atoms with Gasteiger partial charge in [-0.2, -0.15) is 0 Å². The molecule has 0 fully saturated rings. The number of fused-ring (bicyclic) bond motifs is 12. The van der Waals surface area contributed by atoms with Crippen molar-refractivity contribution in [1.29, 1.82) is 0 Å². The van der Waals surface area contributed by atoms with E-state index in [-0.39, 0.29) is 0 Å². The van der Waals surface area contributed by atoms with Gasteiger partial charge in [-0.05, 0) is 205 Å². The Morgan fingerprint density at radius 1 is 0.104 bits per heavy atom. The molecule has 0 bridgehead atoms. The summed E-state index contributed by atoms with van der Waals surface area (Å²) >= 11 is 0. The zero-order valence-corrected chi connectivity index (χ0v) is 58.0. The van der Waals surface area contributed by atoms with Crippen molar-refractivity contribution in [1.82, 2.24) is 18.3 Å². The first kappa shape index (κ1) is 61.8. The minimum atomic E-state index is 1.15. The average Bonchev–Trinajstić information content (AvgIpc) is 1.60. The van der Waals surface area contributed by atoms with Crippen LogP contribution in [-0.4, -0.2) is 18.3 Å². The van der Waals surface area contributed by atoms with E-state index >= 15 is 0 Å². The highest BCUT2D eigenvalue weighted by atomic mass is 15.0. The fourth-order valence-corrected chi connectivity index (χ4v) is 16.4. The summed E-state index contributed by atoms with van der Waals surface area (Å²) in [6.07, 6.45) is 0. The SMILES string of the molecule is c1ccc(-c2ccc(-c3cccc(-n4c5ccccc5c5cc(-c6ccc7c(c6)c6ccccc6n7-c6ccc(-c7ccccc7)cc6)ccc54)c3)cc2)cc1.c1ccc(-c2cccc(-n3c4ccccc4c4cc(-c5ccc6c(c5)c5cc(-c7ccccc7)ccc5n6-c5ccccc5)ccc43)c2)cc1. The molecule has 4 heteroatoms. The van der Waals surface area contributed by atoms with Crippen LogP contribution in [0.15, 0.2) is 413 Å². The second-order valence-electron chi connectivity index (χ2n) is 27.6. The van der Waals surface area contributed by atoms with Crippen molar-refractivity contribution >= 4 is 87.2 Å². The maximum absolute atomic E-state index is 2.41. The zero-order chi connectivity index (χ0) is 70.0. The molecule has 21 aromatic rings. The summed E-state index contributed by atoms with van der Waals surface area (Å²) in [5.41, 5.74) is 31.3. The molecule has 0 saturated carbocycles. The molecule has 0 aliphatic carbocycles. The largest absolute Gasteiger partial charge is 0.309 e. The lowest BCUT2D eigenvalue weighted by Crippen LogP contribution is -1.94. The number of para-hydroxylation sites is 4. The number of nitrogens with zero attached hydrogens (tertiary/aromatic N) is 4. The molecule has 0 spiro atoms. The molecule has 0 atom stereocenters. The molecule has 4 heterocycles. The third-order valence-corrected chi connectivity index (χ3v) is 21.4. The van der Waals surface area contributed by atoms with Gasteiger partial charge in [0.1, 0.15) is 0 Å². The fourth-order valence-electron chi connectivity index (χ4n) is 16.4. The zero-order valence-electron chi connectivity index (χ0n) is 58.0. The quantitative estimate of drug-likeness (QED) is 0.123. The molecule has 17 aromatic carbocycles. The van der Waals surface area contributed by atoms with E-state index in [1.54, 1.807) is 0 Å². The van der Waals surface area contributed by atoms with Crippen molar-refractivity contribution in [3.05, 3.63) is 413 Å². The van der Waals surface area contributed by atoms with E-state index in [1.807, 2.05) is 0 Å². The average molecular weight is 1350 g/mol. The van der Waals surface area contributed by atoms with Gasteiger partial charge in [-0.3, -0.25) is 0 Å². The summed E-state index contributed by atoms with van der Waals surface area (Å²) in [5, 5.41) is 10.0. The van der Waals surface area contributed by atoms with Crippen LogP contribution in [0.25, 0.3) is 188 Å². The van der Waals surface area contributed by atoms with Gasteiger partial charge in [0.2, 0.25) is 0 Å². The first-order chi connectivity index (χ1) is 52.6. The second kappa shape index (κ2) is 26.1. The van der Waals surface area contributed by atoms with Crippen LogP contribution in [0.1, 0.15) is 0 Å². The summed E-state index contributed by atoms with van der Waals surface area (Å²) in [4.78, 5) is 0. The Labute approximate surface area is 614 Å². The predicted octanol–water partition coefficient (Wildman–Crippen LogP) is 27.4. The molecule has 496 valence electrons. The Balaban J connectivity index is 0.000000141. The topological polar surface area (TPSA) is 19.7 Å². The summed E-state index contributed by atoms with van der Waals surface area (Å²) in [5.74, 6) is 0. The van der Waals surface area contributed by atoms with Crippen molar-refractivity contribution in [3.8, 4) is 101 Å². The van der Waals surface area contributed by atoms with E-state index in [9.17, 15) is 0 Å². The number of hydrogen-bond donors (Lipinski definition) is 0. The minimum absolute atomic E-state index is 1.15. The third kappa shape index (κ3) is 10.9. The fraction of sp³-hybridized carbons (Fsp3) is 0. The molecule has 0 N–H and O–H groups in total. The lowest BCUT2D eigenvalue weighted by atomic mass is 9.99. The molecule has 0 amide bonds. The molecule has 106 heavy (non-hydrogen) atoms. The van der Waals surface area contributed by atoms with Crippen LogP contribution in [0.3, 0.4) is 0 Å². The van der Waals surface area contributed by atoms with E-state index in [1.165, 1.54) is 171 Å². The van der Waals surface area contributed by atoms with Gasteiger partial charge in [-0.15, -0.1) is 0 Å². The highest BCUT2D eigenvalue weighted by Crippen LogP contribution is 2.43. The van der Waals surface area contributed by atoms with Crippen LogP contribution in [0.5, 0.6) is 0 Å². The highest BCUT2D eigenvalue weighted by Gasteiger charge is 2.21. The number of rotatable bonds is 11. The molecule has 4 aromatic heterocycles. The minimum Gasteiger partial charge on any atom is -0.309 e. The van der Waals surface area contributed by atoms with Gasteiger partial charge in [0.15, 0.2) is 0 Å². The predicted molar refractivity (Wildman–Crippen MR) is 448 cm³/mol. The van der Waals surface area contributed by atoms with Crippen molar-refractivity contribution in [2.75, 3.05) is 0 Å². The highest BCUT2D eigenvalue weighted by molar-refractivity contribution is 6.15. The van der Waals surface area contributed by atoms with Crippen LogP contribution in [0, 0.1) is 0 Å². The molecular weight excluding hydrogens is 1280 g/mol. The normalized spacial score (nSPS) is 11.6. The summed E-state index contributed by atoms with van der Waals surface area (Å²) < 4.78 is 9.61. The second-order valence-corrected chi connectivity index (χ2v) is 27.6. The van der Waals surface area contributed by atoms with Crippen molar-refractivity contribution in [2.45, 2.75) is 0 Å². The molecule has 0 unspecified atom stereocenters. The molecule has 21 rings (SSSR count). The van der Waals surface area contributed by atoms with Gasteiger partial charge in [0.05, 0.1) is 44.1 Å². The van der Waals surface area contributed by atoms with Gasteiger partial charge in [0, 0.05) is 65.8 Å². The number of benzene rings is 17. The molecule has 0 radical (unpaired) electrons. The Hall–Kier alpha value is -14.1. The van der Waals surface area contributed by atoms with E-state index < -0.39 is 0 Å². The van der Waals surface area contributed by atoms with Gasteiger partial charge < -0.3 is 18.3 Å². The molecular formula is C102H68N4. The molecule has 0 aliphatic heterocycles. The molecule has 0 aliphatic rings.